The van der Waals surface area contributed by atoms with Crippen molar-refractivity contribution in [3.8, 4) is 11.4 Å². The van der Waals surface area contributed by atoms with Crippen LogP contribution in [-0.2, 0) is 0 Å². The van der Waals surface area contributed by atoms with Crippen LogP contribution in [0.25, 0.3) is 33.2 Å². The molecule has 0 saturated carbocycles. The molecule has 3 aromatic carbocycles. The van der Waals surface area contributed by atoms with Gasteiger partial charge in [-0.3, -0.25) is 0 Å². The molecule has 0 amide bonds. The van der Waals surface area contributed by atoms with E-state index < -0.39 is 0 Å². The molecule has 5 aromatic rings. The third kappa shape index (κ3) is 2.94. The molecular formula is C27H25N3+2. The first-order valence-electron chi connectivity index (χ1n) is 10.3. The van der Waals surface area contributed by atoms with Gasteiger partial charge < -0.3 is 0 Å². The minimum Gasteiger partial charge on any atom is -0.243 e. The smallest absolute Gasteiger partial charge is 0.237 e. The number of aromatic nitrogens is 3. The number of rotatable bonds is 2. The lowest BCUT2D eigenvalue weighted by Gasteiger charge is -2.10. The van der Waals surface area contributed by atoms with Gasteiger partial charge in [0.25, 0.3) is 0 Å². The van der Waals surface area contributed by atoms with Crippen molar-refractivity contribution in [2.75, 3.05) is 0 Å². The highest BCUT2D eigenvalue weighted by Gasteiger charge is 2.25. The van der Waals surface area contributed by atoms with Crippen LogP contribution in [0.5, 0.6) is 0 Å². The first kappa shape index (κ1) is 18.4. The van der Waals surface area contributed by atoms with E-state index in [1.54, 1.807) is 0 Å². The highest BCUT2D eigenvalue weighted by molar-refractivity contribution is 5.81. The van der Waals surface area contributed by atoms with Crippen LogP contribution in [-0.4, -0.2) is 4.98 Å². The number of pyridine rings is 1. The van der Waals surface area contributed by atoms with Crippen molar-refractivity contribution < 1.29 is 9.13 Å². The van der Waals surface area contributed by atoms with Crippen molar-refractivity contribution in [1.82, 2.24) is 4.98 Å². The van der Waals surface area contributed by atoms with Crippen LogP contribution in [0.1, 0.15) is 22.5 Å². The molecule has 0 aliphatic heterocycles. The lowest BCUT2D eigenvalue weighted by molar-refractivity contribution is -0.604. The Morgan fingerprint density at radius 2 is 1.40 bits per heavy atom. The normalized spacial score (nSPS) is 11.3. The molecule has 0 N–H and O–H groups in total. The van der Waals surface area contributed by atoms with E-state index in [0.29, 0.717) is 0 Å². The number of nitrogens with zero attached hydrogens (tertiary/aromatic N) is 3. The van der Waals surface area contributed by atoms with Crippen molar-refractivity contribution in [1.29, 1.82) is 0 Å². The van der Waals surface area contributed by atoms with Gasteiger partial charge in [0.2, 0.25) is 22.6 Å². The summed E-state index contributed by atoms with van der Waals surface area (Å²) >= 11 is 0. The lowest BCUT2D eigenvalue weighted by atomic mass is 10.1. The molecule has 0 bridgehead atoms. The molecule has 0 fully saturated rings. The number of hydrogen-bond acceptors (Lipinski definition) is 1. The molecule has 0 radical (unpaired) electrons. The maximum absolute atomic E-state index is 4.62. The predicted octanol–water partition coefficient (Wildman–Crippen LogP) is 5.18. The van der Waals surface area contributed by atoms with E-state index in [2.05, 4.69) is 109 Å². The van der Waals surface area contributed by atoms with E-state index in [9.17, 15) is 0 Å². The zero-order valence-corrected chi connectivity index (χ0v) is 17.8. The minimum absolute atomic E-state index is 1.00. The summed E-state index contributed by atoms with van der Waals surface area (Å²) in [5.41, 5.74) is 9.34. The highest BCUT2D eigenvalue weighted by Crippen LogP contribution is 2.22. The second-order valence-electron chi connectivity index (χ2n) is 8.07. The van der Waals surface area contributed by atoms with Crippen LogP contribution >= 0.6 is 0 Å². The van der Waals surface area contributed by atoms with Crippen LogP contribution in [0.4, 0.5) is 0 Å². The number of aryl methyl sites for hydroxylation is 3. The van der Waals surface area contributed by atoms with Gasteiger partial charge in [-0.2, -0.15) is 9.13 Å². The van der Waals surface area contributed by atoms with Crippen LogP contribution in [0.2, 0.25) is 0 Å². The Balaban J connectivity index is 1.82. The van der Waals surface area contributed by atoms with Gasteiger partial charge in [-0.15, -0.1) is 0 Å². The van der Waals surface area contributed by atoms with Gasteiger partial charge in [-0.05, 0) is 36.9 Å². The van der Waals surface area contributed by atoms with Gasteiger partial charge in [0, 0.05) is 43.5 Å². The third-order valence-corrected chi connectivity index (χ3v) is 5.87. The molecule has 5 rings (SSSR count). The quantitative estimate of drug-likeness (QED) is 0.380. The number of fused-ring (bicyclic) bond motifs is 2. The van der Waals surface area contributed by atoms with E-state index in [0.717, 1.165) is 16.7 Å². The lowest BCUT2D eigenvalue weighted by Crippen LogP contribution is -2.40. The Morgan fingerprint density at radius 3 is 2.23 bits per heavy atom. The summed E-state index contributed by atoms with van der Waals surface area (Å²) in [6.07, 6.45) is 4.20. The average molecular weight is 392 g/mol. The average Bonchev–Trinajstić information content (AvgIpc) is 2.75. The Morgan fingerprint density at radius 1 is 0.700 bits per heavy atom. The van der Waals surface area contributed by atoms with E-state index >= 15 is 0 Å². The SMILES string of the molecule is Cc1cc(-[n+]2cc3ccccc3cc2C)c(C)c(-[n+]2c(C)cnc3ccccc32)c1. The number of hydrogen-bond donors (Lipinski definition) is 0. The molecule has 3 heteroatoms. The van der Waals surface area contributed by atoms with Crippen molar-refractivity contribution in [2.45, 2.75) is 27.7 Å². The zero-order valence-electron chi connectivity index (χ0n) is 17.8. The van der Waals surface area contributed by atoms with Gasteiger partial charge >= 0.3 is 0 Å². The Labute approximate surface area is 176 Å². The molecule has 0 unspecified atom stereocenters. The molecule has 2 aromatic heterocycles. The van der Waals surface area contributed by atoms with Crippen LogP contribution in [0.15, 0.2) is 79.1 Å². The van der Waals surface area contributed by atoms with Crippen molar-refractivity contribution >= 4 is 21.8 Å². The standard InChI is InChI=1S/C27H25N3/c1-18-13-26(29-17-23-10-6-5-9-22(23)15-19(29)2)21(4)27(14-18)30-20(3)16-28-24-11-7-8-12-25(24)30/h5-17H,1-4H3/q+2. The molecule has 30 heavy (non-hydrogen) atoms. The van der Waals surface area contributed by atoms with Gasteiger partial charge in [-0.1, -0.05) is 30.3 Å². The summed E-state index contributed by atoms with van der Waals surface area (Å²) in [4.78, 5) is 4.62. The molecule has 3 nitrogen and oxygen atoms in total. The Kier molecular flexibility index (Phi) is 4.32. The number of benzene rings is 3. The third-order valence-electron chi connectivity index (χ3n) is 5.87. The minimum atomic E-state index is 1.00. The predicted molar refractivity (Wildman–Crippen MR) is 121 cm³/mol. The molecular weight excluding hydrogens is 366 g/mol. The summed E-state index contributed by atoms with van der Waals surface area (Å²) in [7, 11) is 0. The fourth-order valence-electron chi connectivity index (χ4n) is 4.35. The zero-order chi connectivity index (χ0) is 20.8. The number of para-hydroxylation sites is 2. The van der Waals surface area contributed by atoms with Crippen molar-refractivity contribution in [3.63, 3.8) is 0 Å². The summed E-state index contributed by atoms with van der Waals surface area (Å²) in [6, 6.07) is 23.7. The molecule has 0 atom stereocenters. The van der Waals surface area contributed by atoms with E-state index in [1.165, 1.54) is 39.0 Å². The Bertz CT molecular complexity index is 1430. The van der Waals surface area contributed by atoms with Gasteiger partial charge in [0.05, 0.1) is 11.8 Å². The van der Waals surface area contributed by atoms with Crippen LogP contribution in [0.3, 0.4) is 0 Å². The molecule has 0 spiro atoms. The molecule has 146 valence electrons. The Hall–Kier alpha value is -3.59. The first-order chi connectivity index (χ1) is 14.5. The van der Waals surface area contributed by atoms with Crippen molar-refractivity contribution in [3.05, 3.63) is 102 Å². The summed E-state index contributed by atoms with van der Waals surface area (Å²) < 4.78 is 4.64. The fraction of sp³-hybridized carbons (Fsp3) is 0.148. The summed E-state index contributed by atoms with van der Waals surface area (Å²) in [6.45, 7) is 8.68. The second-order valence-corrected chi connectivity index (χ2v) is 8.07. The largest absolute Gasteiger partial charge is 0.243 e. The maximum atomic E-state index is 4.62. The van der Waals surface area contributed by atoms with Crippen LogP contribution < -0.4 is 9.13 Å². The highest BCUT2D eigenvalue weighted by atomic mass is 15.0. The molecule has 2 heterocycles. The fourth-order valence-corrected chi connectivity index (χ4v) is 4.35. The van der Waals surface area contributed by atoms with E-state index in [1.807, 2.05) is 12.3 Å². The topological polar surface area (TPSA) is 20.6 Å². The van der Waals surface area contributed by atoms with Gasteiger partial charge in [0.1, 0.15) is 5.52 Å². The molecule has 0 aliphatic rings. The van der Waals surface area contributed by atoms with Crippen LogP contribution in [0, 0.1) is 27.7 Å². The van der Waals surface area contributed by atoms with Gasteiger partial charge in [-0.25, -0.2) is 4.98 Å². The summed E-state index contributed by atoms with van der Waals surface area (Å²) in [5.74, 6) is 0. The van der Waals surface area contributed by atoms with Gasteiger partial charge in [0.15, 0.2) is 11.9 Å². The van der Waals surface area contributed by atoms with E-state index in [4.69, 9.17) is 0 Å². The summed E-state index contributed by atoms with van der Waals surface area (Å²) in [5, 5.41) is 2.51. The monoisotopic (exact) mass is 391 g/mol. The second kappa shape index (κ2) is 7.03. The van der Waals surface area contributed by atoms with E-state index in [-0.39, 0.29) is 0 Å². The molecule has 0 saturated heterocycles. The maximum Gasteiger partial charge on any atom is 0.237 e. The first-order valence-corrected chi connectivity index (χ1v) is 10.3. The van der Waals surface area contributed by atoms with Crippen molar-refractivity contribution in [2.24, 2.45) is 0 Å². The molecule has 0 aliphatic carbocycles.